The van der Waals surface area contributed by atoms with Crippen LogP contribution >= 0.6 is 0 Å². The second-order valence-corrected chi connectivity index (χ2v) is 5.47. The summed E-state index contributed by atoms with van der Waals surface area (Å²) >= 11 is 0. The van der Waals surface area contributed by atoms with Crippen LogP contribution in [0.15, 0.2) is 34.9 Å². The molecular formula is C16H20N2O2. The van der Waals surface area contributed by atoms with Crippen LogP contribution in [-0.2, 0) is 6.54 Å². The molecule has 1 heterocycles. The minimum absolute atomic E-state index is 0.165. The predicted molar refractivity (Wildman–Crippen MR) is 77.6 cm³/mol. The van der Waals surface area contributed by atoms with Gasteiger partial charge in [0.15, 0.2) is 5.76 Å². The molecule has 0 bridgehead atoms. The van der Waals surface area contributed by atoms with E-state index in [9.17, 15) is 0 Å². The summed E-state index contributed by atoms with van der Waals surface area (Å²) in [7, 11) is 0. The van der Waals surface area contributed by atoms with E-state index >= 15 is 0 Å². The van der Waals surface area contributed by atoms with Crippen LogP contribution in [0.5, 0.6) is 5.75 Å². The maximum atomic E-state index is 5.78. The number of hydrogen-bond acceptors (Lipinski definition) is 4. The highest BCUT2D eigenvalue weighted by molar-refractivity contribution is 5.58. The van der Waals surface area contributed by atoms with Crippen LogP contribution in [0.1, 0.15) is 32.6 Å². The highest BCUT2D eigenvalue weighted by atomic mass is 16.5. The molecule has 3 rings (SSSR count). The molecule has 106 valence electrons. The Hall–Kier alpha value is -1.81. The molecule has 1 fully saturated rings. The second kappa shape index (κ2) is 5.67. The first kappa shape index (κ1) is 13.2. The third kappa shape index (κ3) is 3.39. The van der Waals surface area contributed by atoms with Crippen molar-refractivity contribution >= 4 is 0 Å². The van der Waals surface area contributed by atoms with Crippen molar-refractivity contribution in [3.05, 3.63) is 36.4 Å². The predicted octanol–water partition coefficient (Wildman–Crippen LogP) is 3.38. The smallest absolute Gasteiger partial charge is 0.208 e. The molecule has 2 aromatic rings. The van der Waals surface area contributed by atoms with Crippen LogP contribution in [0.4, 0.5) is 0 Å². The minimum atomic E-state index is 0.165. The summed E-state index contributed by atoms with van der Waals surface area (Å²) < 4.78 is 11.5. The minimum Gasteiger partial charge on any atom is -0.491 e. The van der Waals surface area contributed by atoms with E-state index in [0.29, 0.717) is 12.6 Å². The SMILES string of the molecule is CC(C)Oc1cccc(-c2cnc(CNC3CC3)o2)c1. The van der Waals surface area contributed by atoms with Crippen LogP contribution in [-0.4, -0.2) is 17.1 Å². The molecule has 0 atom stereocenters. The van der Waals surface area contributed by atoms with Gasteiger partial charge in [-0.15, -0.1) is 0 Å². The van der Waals surface area contributed by atoms with E-state index in [0.717, 1.165) is 23.0 Å². The maximum Gasteiger partial charge on any atom is 0.208 e. The number of hydrogen-bond donors (Lipinski definition) is 1. The lowest BCUT2D eigenvalue weighted by atomic mass is 10.2. The average molecular weight is 272 g/mol. The molecular weight excluding hydrogens is 252 g/mol. The lowest BCUT2D eigenvalue weighted by molar-refractivity contribution is 0.242. The van der Waals surface area contributed by atoms with Gasteiger partial charge >= 0.3 is 0 Å². The quantitative estimate of drug-likeness (QED) is 0.875. The lowest BCUT2D eigenvalue weighted by Crippen LogP contribution is -2.15. The summed E-state index contributed by atoms with van der Waals surface area (Å²) in [6.45, 7) is 4.73. The number of ether oxygens (including phenoxy) is 1. The molecule has 1 aliphatic rings. The van der Waals surface area contributed by atoms with Gasteiger partial charge in [-0.25, -0.2) is 4.98 Å². The molecule has 1 aliphatic carbocycles. The van der Waals surface area contributed by atoms with Crippen molar-refractivity contribution in [2.75, 3.05) is 0 Å². The summed E-state index contributed by atoms with van der Waals surface area (Å²) in [4.78, 5) is 4.31. The van der Waals surface area contributed by atoms with Crippen molar-refractivity contribution in [1.29, 1.82) is 0 Å². The van der Waals surface area contributed by atoms with E-state index in [2.05, 4.69) is 10.3 Å². The van der Waals surface area contributed by atoms with Crippen LogP contribution < -0.4 is 10.1 Å². The largest absolute Gasteiger partial charge is 0.491 e. The molecule has 20 heavy (non-hydrogen) atoms. The van der Waals surface area contributed by atoms with Crippen molar-refractivity contribution < 1.29 is 9.15 Å². The molecule has 1 aromatic heterocycles. The Labute approximate surface area is 119 Å². The zero-order valence-electron chi connectivity index (χ0n) is 11.9. The first-order valence-electron chi connectivity index (χ1n) is 7.16. The van der Waals surface area contributed by atoms with E-state index in [1.807, 2.05) is 38.1 Å². The number of nitrogens with zero attached hydrogens (tertiary/aromatic N) is 1. The summed E-state index contributed by atoms with van der Waals surface area (Å²) in [6, 6.07) is 8.57. The van der Waals surface area contributed by atoms with Crippen molar-refractivity contribution in [3.8, 4) is 17.1 Å². The molecule has 0 radical (unpaired) electrons. The van der Waals surface area contributed by atoms with Crippen molar-refractivity contribution in [1.82, 2.24) is 10.3 Å². The topological polar surface area (TPSA) is 47.3 Å². The Bertz CT molecular complexity index is 573. The molecule has 0 amide bonds. The summed E-state index contributed by atoms with van der Waals surface area (Å²) in [6.07, 6.45) is 4.47. The van der Waals surface area contributed by atoms with E-state index in [1.54, 1.807) is 6.20 Å². The molecule has 0 saturated heterocycles. The molecule has 4 heteroatoms. The van der Waals surface area contributed by atoms with Gasteiger partial charge in [-0.05, 0) is 38.8 Å². The second-order valence-electron chi connectivity index (χ2n) is 5.47. The molecule has 0 spiro atoms. The summed E-state index contributed by atoms with van der Waals surface area (Å²) in [5.41, 5.74) is 0.994. The number of oxazole rings is 1. The van der Waals surface area contributed by atoms with Crippen LogP contribution in [0, 0.1) is 0 Å². The van der Waals surface area contributed by atoms with Gasteiger partial charge in [0.25, 0.3) is 0 Å². The molecule has 1 aromatic carbocycles. The number of rotatable bonds is 6. The van der Waals surface area contributed by atoms with Gasteiger partial charge in [0.2, 0.25) is 5.89 Å². The van der Waals surface area contributed by atoms with Crippen molar-refractivity contribution in [2.24, 2.45) is 0 Å². The third-order valence-electron chi connectivity index (χ3n) is 3.16. The molecule has 4 nitrogen and oxygen atoms in total. The van der Waals surface area contributed by atoms with Gasteiger partial charge in [0.05, 0.1) is 18.8 Å². The van der Waals surface area contributed by atoms with Crippen molar-refractivity contribution in [3.63, 3.8) is 0 Å². The van der Waals surface area contributed by atoms with Gasteiger partial charge in [0.1, 0.15) is 5.75 Å². The Morgan fingerprint density at radius 1 is 1.40 bits per heavy atom. The van der Waals surface area contributed by atoms with E-state index in [4.69, 9.17) is 9.15 Å². The van der Waals surface area contributed by atoms with Gasteiger partial charge in [-0.1, -0.05) is 12.1 Å². The summed E-state index contributed by atoms with van der Waals surface area (Å²) in [5, 5.41) is 3.39. The summed E-state index contributed by atoms with van der Waals surface area (Å²) in [5.74, 6) is 2.38. The Balaban J connectivity index is 1.71. The van der Waals surface area contributed by atoms with Gasteiger partial charge < -0.3 is 14.5 Å². The number of nitrogens with one attached hydrogen (secondary N) is 1. The van der Waals surface area contributed by atoms with Crippen molar-refractivity contribution in [2.45, 2.75) is 45.4 Å². The average Bonchev–Trinajstić information content (AvgIpc) is 3.13. The normalized spacial score (nSPS) is 14.8. The fraction of sp³-hybridized carbons (Fsp3) is 0.438. The van der Waals surface area contributed by atoms with Gasteiger partial charge in [-0.3, -0.25) is 0 Å². The highest BCUT2D eigenvalue weighted by Gasteiger charge is 2.21. The first-order valence-corrected chi connectivity index (χ1v) is 7.16. The van der Waals surface area contributed by atoms with Gasteiger partial charge in [0, 0.05) is 11.6 Å². The first-order chi connectivity index (χ1) is 9.70. The monoisotopic (exact) mass is 272 g/mol. The maximum absolute atomic E-state index is 5.78. The molecule has 0 aliphatic heterocycles. The third-order valence-corrected chi connectivity index (χ3v) is 3.16. The fourth-order valence-corrected chi connectivity index (χ4v) is 2.04. The van der Waals surface area contributed by atoms with E-state index < -0.39 is 0 Å². The standard InChI is InChI=1S/C16H20N2O2/c1-11(2)19-14-5-3-4-12(8-14)15-9-18-16(20-15)10-17-13-6-7-13/h3-5,8-9,11,13,17H,6-7,10H2,1-2H3. The fourth-order valence-electron chi connectivity index (χ4n) is 2.04. The molecule has 0 unspecified atom stereocenters. The Morgan fingerprint density at radius 2 is 2.25 bits per heavy atom. The Morgan fingerprint density at radius 3 is 3.00 bits per heavy atom. The van der Waals surface area contributed by atoms with E-state index in [-0.39, 0.29) is 6.10 Å². The van der Waals surface area contributed by atoms with Crippen LogP contribution in [0.3, 0.4) is 0 Å². The molecule has 1 saturated carbocycles. The van der Waals surface area contributed by atoms with Crippen LogP contribution in [0.25, 0.3) is 11.3 Å². The number of benzene rings is 1. The number of aromatic nitrogens is 1. The van der Waals surface area contributed by atoms with E-state index in [1.165, 1.54) is 12.8 Å². The molecule has 1 N–H and O–H groups in total. The van der Waals surface area contributed by atoms with Gasteiger partial charge in [-0.2, -0.15) is 0 Å². The van der Waals surface area contributed by atoms with Crippen LogP contribution in [0.2, 0.25) is 0 Å². The Kier molecular flexibility index (Phi) is 3.74. The zero-order valence-corrected chi connectivity index (χ0v) is 11.9. The lowest BCUT2D eigenvalue weighted by Gasteiger charge is -2.09. The highest BCUT2D eigenvalue weighted by Crippen LogP contribution is 2.25. The zero-order chi connectivity index (χ0) is 13.9.